The fraction of sp³-hybridized carbons (Fsp3) is 0.364. The van der Waals surface area contributed by atoms with Crippen molar-refractivity contribution in [1.29, 1.82) is 0 Å². The van der Waals surface area contributed by atoms with Gasteiger partial charge in [0.1, 0.15) is 4.90 Å². The van der Waals surface area contributed by atoms with E-state index >= 15 is 0 Å². The van der Waals surface area contributed by atoms with Crippen molar-refractivity contribution in [3.8, 4) is 0 Å². The van der Waals surface area contributed by atoms with E-state index < -0.39 is 22.1 Å². The molecule has 3 N–H and O–H groups in total. The van der Waals surface area contributed by atoms with Crippen LogP contribution in [0.5, 0.6) is 0 Å². The monoisotopic (exact) mass is 341 g/mol. The second-order valence-electron chi connectivity index (χ2n) is 4.10. The molecule has 112 valence electrons. The molecule has 0 aromatic heterocycles. The van der Waals surface area contributed by atoms with Gasteiger partial charge in [-0.25, -0.2) is 17.9 Å². The number of halogens is 2. The fourth-order valence-corrected chi connectivity index (χ4v) is 3.28. The maximum absolute atomic E-state index is 12.0. The number of nitrogens with one attached hydrogen (secondary N) is 1. The maximum Gasteiger partial charge on any atom is 0.337 e. The number of benzene rings is 1. The van der Waals surface area contributed by atoms with Gasteiger partial charge in [0.25, 0.3) is 0 Å². The van der Waals surface area contributed by atoms with Crippen LogP contribution in [0.25, 0.3) is 0 Å². The average molecular weight is 342 g/mol. The first-order valence-electron chi connectivity index (χ1n) is 5.55. The van der Waals surface area contributed by atoms with Crippen LogP contribution >= 0.6 is 23.2 Å². The smallest absolute Gasteiger partial charge is 0.337 e. The molecule has 0 spiro atoms. The number of carbonyl (C=O) groups is 1. The van der Waals surface area contributed by atoms with E-state index in [0.717, 1.165) is 12.1 Å². The molecule has 9 heteroatoms. The van der Waals surface area contributed by atoms with Crippen LogP contribution in [0.15, 0.2) is 17.0 Å². The molecule has 20 heavy (non-hydrogen) atoms. The van der Waals surface area contributed by atoms with Gasteiger partial charge in [-0.1, -0.05) is 23.2 Å². The Morgan fingerprint density at radius 3 is 2.45 bits per heavy atom. The summed E-state index contributed by atoms with van der Waals surface area (Å²) in [7, 11) is -3.97. The maximum atomic E-state index is 12.0. The third-order valence-electron chi connectivity index (χ3n) is 2.40. The first-order valence-corrected chi connectivity index (χ1v) is 7.79. The summed E-state index contributed by atoms with van der Waals surface area (Å²) in [6.45, 7) is 1.52. The largest absolute Gasteiger partial charge is 0.478 e. The summed E-state index contributed by atoms with van der Waals surface area (Å²) >= 11 is 11.5. The van der Waals surface area contributed by atoms with Crippen molar-refractivity contribution < 1.29 is 23.4 Å². The zero-order chi connectivity index (χ0) is 15.5. The topological polar surface area (TPSA) is 104 Å². The van der Waals surface area contributed by atoms with E-state index in [2.05, 4.69) is 4.72 Å². The van der Waals surface area contributed by atoms with Crippen LogP contribution in [-0.2, 0) is 10.0 Å². The van der Waals surface area contributed by atoms with E-state index in [9.17, 15) is 13.2 Å². The molecule has 0 fully saturated rings. The van der Waals surface area contributed by atoms with Gasteiger partial charge in [-0.2, -0.15) is 0 Å². The second kappa shape index (κ2) is 6.73. The van der Waals surface area contributed by atoms with Gasteiger partial charge in [-0.3, -0.25) is 0 Å². The predicted molar refractivity (Wildman–Crippen MR) is 74.9 cm³/mol. The molecule has 1 aromatic carbocycles. The molecule has 0 saturated carbocycles. The summed E-state index contributed by atoms with van der Waals surface area (Å²) in [6.07, 6.45) is -0.441. The summed E-state index contributed by atoms with van der Waals surface area (Å²) in [6, 6.07) is 1.97. The highest BCUT2D eigenvalue weighted by Gasteiger charge is 2.22. The van der Waals surface area contributed by atoms with Crippen LogP contribution in [0.3, 0.4) is 0 Å². The van der Waals surface area contributed by atoms with Crippen LogP contribution in [0, 0.1) is 0 Å². The first-order chi connectivity index (χ1) is 9.15. The van der Waals surface area contributed by atoms with Crippen molar-refractivity contribution in [1.82, 2.24) is 4.72 Å². The Bertz CT molecular complexity index is 615. The highest BCUT2D eigenvalue weighted by atomic mass is 35.5. The van der Waals surface area contributed by atoms with Crippen LogP contribution in [0.1, 0.15) is 23.7 Å². The van der Waals surface area contributed by atoms with E-state index in [0.29, 0.717) is 0 Å². The lowest BCUT2D eigenvalue weighted by atomic mass is 10.2. The van der Waals surface area contributed by atoms with E-state index in [1.807, 2.05) is 0 Å². The quantitative estimate of drug-likeness (QED) is 0.731. The van der Waals surface area contributed by atoms with Gasteiger partial charge in [-0.05, 0) is 25.5 Å². The molecule has 6 nitrogen and oxygen atoms in total. The van der Waals surface area contributed by atoms with Gasteiger partial charge in [0.15, 0.2) is 0 Å². The summed E-state index contributed by atoms with van der Waals surface area (Å²) in [5.74, 6) is -1.35. The third-order valence-corrected chi connectivity index (χ3v) is 4.63. The molecule has 1 atom stereocenters. The van der Waals surface area contributed by atoms with Gasteiger partial charge in [0.2, 0.25) is 10.0 Å². The van der Waals surface area contributed by atoms with Crippen LogP contribution < -0.4 is 4.72 Å². The second-order valence-corrected chi connectivity index (χ2v) is 6.65. The van der Waals surface area contributed by atoms with Crippen LogP contribution in [0.2, 0.25) is 10.0 Å². The third kappa shape index (κ3) is 4.32. The molecule has 0 saturated heterocycles. The van der Waals surface area contributed by atoms with Gasteiger partial charge < -0.3 is 10.2 Å². The molecule has 0 bridgehead atoms. The molecule has 0 heterocycles. The number of sulfonamides is 1. The van der Waals surface area contributed by atoms with Crippen molar-refractivity contribution in [2.24, 2.45) is 0 Å². The Labute approximate surface area is 126 Å². The highest BCUT2D eigenvalue weighted by Crippen LogP contribution is 2.28. The van der Waals surface area contributed by atoms with Gasteiger partial charge in [0, 0.05) is 6.54 Å². The minimum atomic E-state index is -3.97. The number of carboxylic acid groups (broad SMARTS) is 1. The van der Waals surface area contributed by atoms with Gasteiger partial charge in [0.05, 0.1) is 21.7 Å². The normalized spacial score (nSPS) is 13.2. The van der Waals surface area contributed by atoms with E-state index in [1.54, 1.807) is 0 Å². The Balaban J connectivity index is 3.11. The summed E-state index contributed by atoms with van der Waals surface area (Å²) < 4.78 is 26.2. The molecule has 0 radical (unpaired) electrons. The number of aromatic carboxylic acids is 1. The SMILES string of the molecule is CC(O)CCNS(=O)(=O)c1cc(C(=O)O)c(Cl)cc1Cl. The van der Waals surface area contributed by atoms with Crippen molar-refractivity contribution in [2.45, 2.75) is 24.3 Å². The number of hydrogen-bond acceptors (Lipinski definition) is 4. The minimum Gasteiger partial charge on any atom is -0.478 e. The standard InChI is InChI=1S/C11H13Cl2NO5S/c1-6(15)2-3-14-20(18,19)10-4-7(11(16)17)8(12)5-9(10)13/h4-6,14-15H,2-3H2,1H3,(H,16,17). The average Bonchev–Trinajstić information content (AvgIpc) is 2.26. The fourth-order valence-electron chi connectivity index (χ4n) is 1.38. The predicted octanol–water partition coefficient (Wildman–Crippen LogP) is 1.74. The number of hydrogen-bond donors (Lipinski definition) is 3. The summed E-state index contributed by atoms with van der Waals surface area (Å²) in [4.78, 5) is 10.6. The number of rotatable bonds is 6. The lowest BCUT2D eigenvalue weighted by Gasteiger charge is -2.11. The highest BCUT2D eigenvalue weighted by molar-refractivity contribution is 7.89. The molecular weight excluding hydrogens is 329 g/mol. The Morgan fingerprint density at radius 2 is 1.95 bits per heavy atom. The van der Waals surface area contributed by atoms with Crippen molar-refractivity contribution >= 4 is 39.2 Å². The molecular formula is C11H13Cl2NO5S. The molecule has 0 aliphatic rings. The Hall–Kier alpha value is -0.860. The number of aliphatic hydroxyl groups excluding tert-OH is 1. The summed E-state index contributed by atoms with van der Waals surface area (Å²) in [5.41, 5.74) is -0.355. The molecule has 1 aromatic rings. The van der Waals surface area contributed by atoms with E-state index in [-0.39, 0.29) is 33.5 Å². The zero-order valence-electron chi connectivity index (χ0n) is 10.4. The van der Waals surface area contributed by atoms with Gasteiger partial charge in [-0.15, -0.1) is 0 Å². The Morgan fingerprint density at radius 1 is 1.35 bits per heavy atom. The molecule has 1 rings (SSSR count). The van der Waals surface area contributed by atoms with Crippen molar-refractivity contribution in [3.63, 3.8) is 0 Å². The number of aliphatic hydroxyl groups is 1. The lowest BCUT2D eigenvalue weighted by Crippen LogP contribution is -2.27. The zero-order valence-corrected chi connectivity index (χ0v) is 12.8. The van der Waals surface area contributed by atoms with Crippen LogP contribution in [0.4, 0.5) is 0 Å². The van der Waals surface area contributed by atoms with E-state index in [1.165, 1.54) is 6.92 Å². The molecule has 0 aliphatic heterocycles. The lowest BCUT2D eigenvalue weighted by molar-refractivity contribution is 0.0697. The molecule has 1 unspecified atom stereocenters. The number of carboxylic acids is 1. The Kier molecular flexibility index (Phi) is 5.79. The van der Waals surface area contributed by atoms with Crippen molar-refractivity contribution in [2.75, 3.05) is 6.54 Å². The van der Waals surface area contributed by atoms with Crippen LogP contribution in [-0.4, -0.2) is 37.2 Å². The molecule has 0 aliphatic carbocycles. The van der Waals surface area contributed by atoms with E-state index in [4.69, 9.17) is 33.4 Å². The van der Waals surface area contributed by atoms with Crippen molar-refractivity contribution in [3.05, 3.63) is 27.7 Å². The minimum absolute atomic E-state index is 0.00135. The molecule has 0 amide bonds. The van der Waals surface area contributed by atoms with Gasteiger partial charge >= 0.3 is 5.97 Å². The summed E-state index contributed by atoms with van der Waals surface area (Å²) in [5, 5.41) is 17.7. The first kappa shape index (κ1) is 17.2.